The number of hydrogen-bond donors (Lipinski definition) is 2. The van der Waals surface area contributed by atoms with Crippen molar-refractivity contribution in [3.8, 4) is 0 Å². The van der Waals surface area contributed by atoms with Crippen molar-refractivity contribution < 1.29 is 14.3 Å². The molecule has 1 heterocycles. The third-order valence-electron chi connectivity index (χ3n) is 3.88. The summed E-state index contributed by atoms with van der Waals surface area (Å²) < 4.78 is 5.01. The smallest absolute Gasteiger partial charge is 0.340 e. The summed E-state index contributed by atoms with van der Waals surface area (Å²) in [6.45, 7) is 2.56. The lowest BCUT2D eigenvalue weighted by molar-refractivity contribution is 0.0527. The molecule has 2 aromatic carbocycles. The summed E-state index contributed by atoms with van der Waals surface area (Å²) in [5, 5.41) is 5.80. The minimum Gasteiger partial charge on any atom is -0.462 e. The van der Waals surface area contributed by atoms with Crippen LogP contribution in [0, 0.1) is 0 Å². The molecule has 0 atom stereocenters. The van der Waals surface area contributed by atoms with Crippen molar-refractivity contribution in [2.24, 2.45) is 0 Å². The van der Waals surface area contributed by atoms with Crippen LogP contribution in [-0.2, 0) is 11.3 Å². The summed E-state index contributed by atoms with van der Waals surface area (Å²) in [5.74, 6) is -0.478. The standard InChI is InChI=1S/C21H20N4O3/c1-2-28-20(27)17-10-6-7-11-18(17)25-19(26)16-13-23-21(24-14-16)22-12-15-8-4-3-5-9-15/h3-11,13-14H,2,12H2,1H3,(H,25,26)(H,22,23,24). The minimum absolute atomic E-state index is 0.256. The number of amides is 1. The first-order chi connectivity index (χ1) is 13.7. The molecule has 0 aliphatic rings. The molecule has 2 N–H and O–H groups in total. The van der Waals surface area contributed by atoms with E-state index in [0.29, 0.717) is 23.7 Å². The number of carbonyl (C=O) groups is 2. The summed E-state index contributed by atoms with van der Waals surface area (Å²) in [5.41, 5.74) is 2.05. The number of nitrogens with one attached hydrogen (secondary N) is 2. The van der Waals surface area contributed by atoms with Crippen molar-refractivity contribution in [1.29, 1.82) is 0 Å². The largest absolute Gasteiger partial charge is 0.462 e. The Bertz CT molecular complexity index is 943. The van der Waals surface area contributed by atoms with E-state index in [0.717, 1.165) is 5.56 Å². The highest BCUT2D eigenvalue weighted by Gasteiger charge is 2.15. The van der Waals surface area contributed by atoms with E-state index < -0.39 is 11.9 Å². The van der Waals surface area contributed by atoms with Crippen LogP contribution in [0.1, 0.15) is 33.2 Å². The number of para-hydroxylation sites is 1. The average Bonchev–Trinajstić information content (AvgIpc) is 2.74. The van der Waals surface area contributed by atoms with Gasteiger partial charge in [-0.2, -0.15) is 0 Å². The van der Waals surface area contributed by atoms with E-state index in [1.807, 2.05) is 30.3 Å². The van der Waals surface area contributed by atoms with E-state index in [1.54, 1.807) is 31.2 Å². The van der Waals surface area contributed by atoms with Crippen LogP contribution in [0.5, 0.6) is 0 Å². The van der Waals surface area contributed by atoms with Gasteiger partial charge in [0.05, 0.1) is 23.4 Å². The normalized spacial score (nSPS) is 10.2. The number of esters is 1. The van der Waals surface area contributed by atoms with Gasteiger partial charge in [0.25, 0.3) is 5.91 Å². The second kappa shape index (κ2) is 9.27. The number of benzene rings is 2. The van der Waals surface area contributed by atoms with Crippen molar-refractivity contribution >= 4 is 23.5 Å². The number of carbonyl (C=O) groups excluding carboxylic acids is 2. The molecule has 0 bridgehead atoms. The molecule has 28 heavy (non-hydrogen) atoms. The van der Waals surface area contributed by atoms with Crippen LogP contribution in [0.3, 0.4) is 0 Å². The van der Waals surface area contributed by atoms with Crippen molar-refractivity contribution in [3.63, 3.8) is 0 Å². The molecule has 0 unspecified atom stereocenters. The first-order valence-electron chi connectivity index (χ1n) is 8.84. The number of aromatic nitrogens is 2. The first kappa shape index (κ1) is 19.0. The molecule has 1 amide bonds. The predicted molar refractivity (Wildman–Crippen MR) is 106 cm³/mol. The Labute approximate surface area is 162 Å². The van der Waals surface area contributed by atoms with Crippen LogP contribution in [0.4, 0.5) is 11.6 Å². The fraction of sp³-hybridized carbons (Fsp3) is 0.143. The van der Waals surface area contributed by atoms with Crippen LogP contribution < -0.4 is 10.6 Å². The van der Waals surface area contributed by atoms with Crippen molar-refractivity contribution in [1.82, 2.24) is 9.97 Å². The molecule has 0 saturated carbocycles. The number of hydrogen-bond acceptors (Lipinski definition) is 6. The third-order valence-corrected chi connectivity index (χ3v) is 3.88. The zero-order valence-corrected chi connectivity index (χ0v) is 15.4. The summed E-state index contributed by atoms with van der Waals surface area (Å²) in [7, 11) is 0. The van der Waals surface area contributed by atoms with Gasteiger partial charge in [0.2, 0.25) is 5.95 Å². The molecule has 3 aromatic rings. The number of anilines is 2. The summed E-state index contributed by atoms with van der Waals surface area (Å²) in [6.07, 6.45) is 2.87. The van der Waals surface area contributed by atoms with Gasteiger partial charge in [-0.05, 0) is 24.6 Å². The molecule has 142 valence electrons. The molecular formula is C21H20N4O3. The molecule has 0 fully saturated rings. The molecule has 0 aliphatic heterocycles. The van der Waals surface area contributed by atoms with Crippen molar-refractivity contribution in [2.45, 2.75) is 13.5 Å². The Morgan fingerprint density at radius 1 is 0.964 bits per heavy atom. The summed E-state index contributed by atoms with van der Waals surface area (Å²) in [6, 6.07) is 16.5. The zero-order valence-electron chi connectivity index (χ0n) is 15.4. The lowest BCUT2D eigenvalue weighted by Crippen LogP contribution is -2.16. The molecule has 7 heteroatoms. The second-order valence-electron chi connectivity index (χ2n) is 5.85. The van der Waals surface area contributed by atoms with Gasteiger partial charge in [-0.25, -0.2) is 14.8 Å². The van der Waals surface area contributed by atoms with E-state index in [1.165, 1.54) is 12.4 Å². The number of nitrogens with zero attached hydrogens (tertiary/aromatic N) is 2. The summed E-state index contributed by atoms with van der Waals surface area (Å²) in [4.78, 5) is 32.8. The van der Waals surface area contributed by atoms with Gasteiger partial charge in [-0.3, -0.25) is 4.79 Å². The molecule has 1 aromatic heterocycles. The Morgan fingerprint density at radius 2 is 1.64 bits per heavy atom. The average molecular weight is 376 g/mol. The topological polar surface area (TPSA) is 93.2 Å². The van der Waals surface area contributed by atoms with Gasteiger partial charge < -0.3 is 15.4 Å². The predicted octanol–water partition coefficient (Wildman–Crippen LogP) is 3.52. The van der Waals surface area contributed by atoms with E-state index >= 15 is 0 Å². The van der Waals surface area contributed by atoms with Gasteiger partial charge in [-0.1, -0.05) is 42.5 Å². The van der Waals surface area contributed by atoms with Crippen LogP contribution in [-0.4, -0.2) is 28.5 Å². The molecule has 0 aliphatic carbocycles. The highest BCUT2D eigenvalue weighted by molar-refractivity contribution is 6.07. The fourth-order valence-electron chi connectivity index (χ4n) is 2.49. The molecule has 0 saturated heterocycles. The third kappa shape index (κ3) is 4.91. The van der Waals surface area contributed by atoms with Crippen LogP contribution in [0.25, 0.3) is 0 Å². The minimum atomic E-state index is -0.491. The SMILES string of the molecule is CCOC(=O)c1ccccc1NC(=O)c1cnc(NCc2ccccc2)nc1. The Balaban J connectivity index is 1.65. The van der Waals surface area contributed by atoms with Gasteiger partial charge in [0, 0.05) is 18.9 Å². The highest BCUT2D eigenvalue weighted by Crippen LogP contribution is 2.17. The lowest BCUT2D eigenvalue weighted by Gasteiger charge is -2.10. The quantitative estimate of drug-likeness (QED) is 0.613. The maximum absolute atomic E-state index is 12.5. The van der Waals surface area contributed by atoms with E-state index in [9.17, 15) is 9.59 Å². The van der Waals surface area contributed by atoms with Gasteiger partial charge >= 0.3 is 5.97 Å². The molecule has 0 radical (unpaired) electrons. The maximum atomic E-state index is 12.5. The molecular weight excluding hydrogens is 356 g/mol. The Kier molecular flexibility index (Phi) is 6.30. The number of ether oxygens (including phenoxy) is 1. The zero-order chi connectivity index (χ0) is 19.8. The first-order valence-corrected chi connectivity index (χ1v) is 8.84. The van der Waals surface area contributed by atoms with E-state index in [-0.39, 0.29) is 12.2 Å². The highest BCUT2D eigenvalue weighted by atomic mass is 16.5. The van der Waals surface area contributed by atoms with Crippen LogP contribution in [0.15, 0.2) is 67.0 Å². The monoisotopic (exact) mass is 376 g/mol. The summed E-state index contributed by atoms with van der Waals surface area (Å²) >= 11 is 0. The van der Waals surface area contributed by atoms with Crippen molar-refractivity contribution in [2.75, 3.05) is 17.2 Å². The van der Waals surface area contributed by atoms with Gasteiger partial charge in [0.15, 0.2) is 0 Å². The molecule has 0 spiro atoms. The maximum Gasteiger partial charge on any atom is 0.340 e. The van der Waals surface area contributed by atoms with Gasteiger partial charge in [0.1, 0.15) is 0 Å². The van der Waals surface area contributed by atoms with Crippen LogP contribution >= 0.6 is 0 Å². The number of rotatable bonds is 7. The fourth-order valence-corrected chi connectivity index (χ4v) is 2.49. The Hall–Kier alpha value is -3.74. The van der Waals surface area contributed by atoms with Crippen LogP contribution in [0.2, 0.25) is 0 Å². The molecule has 3 rings (SSSR count). The van der Waals surface area contributed by atoms with Crippen molar-refractivity contribution in [3.05, 3.63) is 83.7 Å². The van der Waals surface area contributed by atoms with Gasteiger partial charge in [-0.15, -0.1) is 0 Å². The second-order valence-corrected chi connectivity index (χ2v) is 5.85. The lowest BCUT2D eigenvalue weighted by atomic mass is 10.1. The molecule has 7 nitrogen and oxygen atoms in total. The van der Waals surface area contributed by atoms with E-state index in [4.69, 9.17) is 4.74 Å². The van der Waals surface area contributed by atoms with E-state index in [2.05, 4.69) is 20.6 Å². The Morgan fingerprint density at radius 3 is 2.36 bits per heavy atom.